The average molecular weight is 721 g/mol. The van der Waals surface area contributed by atoms with Crippen molar-refractivity contribution in [2.24, 2.45) is 0 Å². The summed E-state index contributed by atoms with van der Waals surface area (Å²) in [6.45, 7) is 0.662. The second kappa shape index (κ2) is 14.8. The van der Waals surface area contributed by atoms with E-state index < -0.39 is 26.6 Å². The fraction of sp³-hybridized carbons (Fsp3) is 0.353. The zero-order valence-electron chi connectivity index (χ0n) is 27.1. The van der Waals surface area contributed by atoms with E-state index in [1.807, 2.05) is 19.0 Å². The number of aromatic nitrogens is 2. The maximum atomic E-state index is 16.0. The number of piperidine rings is 1. The average Bonchev–Trinajstić information content (AvgIpc) is 3.06. The predicted molar refractivity (Wildman–Crippen MR) is 184 cm³/mol. The molecule has 1 aromatic heterocycles. The van der Waals surface area contributed by atoms with Gasteiger partial charge in [0.25, 0.3) is 10.0 Å². The minimum atomic E-state index is -4.83. The van der Waals surface area contributed by atoms with E-state index >= 15 is 8.78 Å². The number of rotatable bonds is 12. The van der Waals surface area contributed by atoms with Gasteiger partial charge in [-0.15, -0.1) is 0 Å². The van der Waals surface area contributed by atoms with Gasteiger partial charge >= 0.3 is 0 Å². The molecule has 2 heterocycles. The summed E-state index contributed by atoms with van der Waals surface area (Å²) in [6, 6.07) is 13.8. The van der Waals surface area contributed by atoms with Gasteiger partial charge in [-0.05, 0) is 81.7 Å². The van der Waals surface area contributed by atoms with Gasteiger partial charge in [-0.1, -0.05) is 29.3 Å². The van der Waals surface area contributed by atoms with Crippen molar-refractivity contribution < 1.29 is 26.7 Å². The number of ether oxygens (including phenoxy) is 2. The molecule has 1 saturated heterocycles. The molecule has 1 aliphatic heterocycles. The highest BCUT2D eigenvalue weighted by Crippen LogP contribution is 2.38. The lowest BCUT2D eigenvalue weighted by Crippen LogP contribution is -2.56. The Morgan fingerprint density at radius 3 is 2.31 bits per heavy atom. The van der Waals surface area contributed by atoms with Crippen LogP contribution < -0.4 is 18.7 Å². The Bertz CT molecular complexity index is 1830. The van der Waals surface area contributed by atoms with Gasteiger partial charge < -0.3 is 19.3 Å². The van der Waals surface area contributed by atoms with Crippen molar-refractivity contribution in [1.29, 1.82) is 0 Å². The summed E-state index contributed by atoms with van der Waals surface area (Å²) in [4.78, 5) is 10.9. The fourth-order valence-corrected chi connectivity index (χ4v) is 8.28. The molecule has 0 amide bonds. The summed E-state index contributed by atoms with van der Waals surface area (Å²) in [7, 11) is 2.05. The van der Waals surface area contributed by atoms with Crippen LogP contribution in [0, 0.1) is 11.6 Å². The Balaban J connectivity index is 1.47. The zero-order valence-corrected chi connectivity index (χ0v) is 29.4. The van der Waals surface area contributed by atoms with E-state index in [9.17, 15) is 8.42 Å². The topological polar surface area (TPSA) is 88.1 Å². The van der Waals surface area contributed by atoms with E-state index in [0.717, 1.165) is 41.2 Å². The summed E-state index contributed by atoms with van der Waals surface area (Å²) in [5, 5.41) is 1.18. The summed E-state index contributed by atoms with van der Waals surface area (Å²) < 4.78 is 71.9. The highest BCUT2D eigenvalue weighted by molar-refractivity contribution is 7.92. The zero-order chi connectivity index (χ0) is 34.6. The lowest BCUT2D eigenvalue weighted by Gasteiger charge is -2.48. The highest BCUT2D eigenvalue weighted by atomic mass is 35.5. The first kappa shape index (κ1) is 35.6. The number of anilines is 2. The molecule has 1 atom stereocenters. The predicted octanol–water partition coefficient (Wildman–Crippen LogP) is 7.01. The largest absolute Gasteiger partial charge is 0.497 e. The van der Waals surface area contributed by atoms with Crippen LogP contribution in [0.3, 0.4) is 0 Å². The molecule has 256 valence electrons. The maximum Gasteiger partial charge on any atom is 0.271 e. The fourth-order valence-electron chi connectivity index (χ4n) is 6.20. The molecular weight excluding hydrogens is 683 g/mol. The van der Waals surface area contributed by atoms with Crippen LogP contribution in [0.5, 0.6) is 11.5 Å². The summed E-state index contributed by atoms with van der Waals surface area (Å²) in [5.74, 6) is -1.69. The van der Waals surface area contributed by atoms with Gasteiger partial charge in [0, 0.05) is 58.3 Å². The quantitative estimate of drug-likeness (QED) is 0.155. The molecule has 0 bridgehead atoms. The smallest absolute Gasteiger partial charge is 0.271 e. The Hall–Kier alpha value is -3.71. The molecule has 4 aromatic rings. The number of hydrogen-bond donors (Lipinski definition) is 0. The normalized spacial score (nSPS) is 16.6. The summed E-state index contributed by atoms with van der Waals surface area (Å²) >= 11 is 12.9. The molecule has 1 fully saturated rings. The van der Waals surface area contributed by atoms with Gasteiger partial charge in [-0.2, -0.15) is 0 Å². The monoisotopic (exact) mass is 719 g/mol. The standard InChI is InChI=1S/C34H37Cl2F2N5O4S/c1-41(2)34(14-11-26-27(35)7-5-8-28(26)36)13-6-16-42(21-34)24-17-29(37)33(30(38)18-24)48(44,45)43(32-12-15-39-22-40-32)20-23-9-10-25(46-3)19-31(23)47-4/h5,7-10,12,15,17-19,22H,6,11,13-14,16,20-21H2,1-4H3/t34-/m1/s1. The van der Waals surface area contributed by atoms with Crippen LogP contribution in [0.25, 0.3) is 0 Å². The first-order chi connectivity index (χ1) is 22.9. The van der Waals surface area contributed by atoms with Crippen molar-refractivity contribution in [2.45, 2.75) is 42.7 Å². The summed E-state index contributed by atoms with van der Waals surface area (Å²) in [6.07, 6.45) is 5.41. The molecule has 1 aliphatic rings. The number of hydrogen-bond acceptors (Lipinski definition) is 8. The van der Waals surface area contributed by atoms with E-state index in [4.69, 9.17) is 32.7 Å². The number of likely N-dealkylation sites (N-methyl/N-ethyl adjacent to an activating group) is 1. The molecule has 0 unspecified atom stereocenters. The molecule has 0 radical (unpaired) electrons. The van der Waals surface area contributed by atoms with Crippen LogP contribution in [0.4, 0.5) is 20.3 Å². The molecule has 5 rings (SSSR count). The van der Waals surface area contributed by atoms with Crippen molar-refractivity contribution in [3.05, 3.63) is 99.9 Å². The Morgan fingerprint density at radius 1 is 1.00 bits per heavy atom. The second-order valence-electron chi connectivity index (χ2n) is 11.8. The second-order valence-corrected chi connectivity index (χ2v) is 14.5. The van der Waals surface area contributed by atoms with E-state index in [2.05, 4.69) is 14.9 Å². The Kier molecular flexibility index (Phi) is 11.0. The number of methoxy groups -OCH3 is 2. The van der Waals surface area contributed by atoms with Crippen LogP contribution >= 0.6 is 23.2 Å². The van der Waals surface area contributed by atoms with Gasteiger partial charge in [-0.3, -0.25) is 0 Å². The molecular formula is C34H37Cl2F2N5O4S. The van der Waals surface area contributed by atoms with Gasteiger partial charge in [0.1, 0.15) is 35.3 Å². The molecule has 0 spiro atoms. The van der Waals surface area contributed by atoms with Gasteiger partial charge in [0.2, 0.25) is 0 Å². The highest BCUT2D eigenvalue weighted by Gasteiger charge is 2.39. The molecule has 0 saturated carbocycles. The molecule has 0 N–H and O–H groups in total. The van der Waals surface area contributed by atoms with Crippen molar-refractivity contribution >= 4 is 44.7 Å². The van der Waals surface area contributed by atoms with E-state index in [-0.39, 0.29) is 23.6 Å². The maximum absolute atomic E-state index is 16.0. The SMILES string of the molecule is COc1ccc(CN(c2ccncn2)S(=O)(=O)c2c(F)cc(N3CCC[C@](CCc4c(Cl)cccc4Cl)(N(C)C)C3)cc2F)c(OC)c1. The van der Waals surface area contributed by atoms with Crippen LogP contribution in [0.1, 0.15) is 30.4 Å². The van der Waals surface area contributed by atoms with Gasteiger partial charge in [-0.25, -0.2) is 31.5 Å². The van der Waals surface area contributed by atoms with Crippen molar-refractivity contribution in [3.8, 4) is 11.5 Å². The molecule has 0 aliphatic carbocycles. The third kappa shape index (κ3) is 7.31. The Morgan fingerprint density at radius 2 is 1.71 bits per heavy atom. The van der Waals surface area contributed by atoms with Crippen LogP contribution in [0.15, 0.2) is 72.0 Å². The van der Waals surface area contributed by atoms with Crippen molar-refractivity contribution in [2.75, 3.05) is 50.6 Å². The third-order valence-electron chi connectivity index (χ3n) is 8.93. The minimum absolute atomic E-state index is 0.0730. The van der Waals surface area contributed by atoms with Crippen LogP contribution in [-0.4, -0.2) is 70.2 Å². The molecule has 48 heavy (non-hydrogen) atoms. The first-order valence-corrected chi connectivity index (χ1v) is 17.4. The number of sulfonamides is 1. The minimum Gasteiger partial charge on any atom is -0.497 e. The number of nitrogens with zero attached hydrogens (tertiary/aromatic N) is 5. The lowest BCUT2D eigenvalue weighted by atomic mass is 9.82. The molecule has 3 aromatic carbocycles. The number of benzene rings is 3. The van der Waals surface area contributed by atoms with E-state index in [1.54, 1.807) is 36.4 Å². The Labute approximate surface area is 290 Å². The summed E-state index contributed by atoms with van der Waals surface area (Å²) in [5.41, 5.74) is 1.16. The lowest BCUT2D eigenvalue weighted by molar-refractivity contribution is 0.116. The van der Waals surface area contributed by atoms with E-state index in [1.165, 1.54) is 26.5 Å². The van der Waals surface area contributed by atoms with Crippen LogP contribution in [0.2, 0.25) is 10.0 Å². The first-order valence-electron chi connectivity index (χ1n) is 15.2. The van der Waals surface area contributed by atoms with E-state index in [0.29, 0.717) is 53.0 Å². The number of halogens is 4. The van der Waals surface area contributed by atoms with Crippen molar-refractivity contribution in [3.63, 3.8) is 0 Å². The van der Waals surface area contributed by atoms with Gasteiger partial charge in [0.15, 0.2) is 4.90 Å². The molecule has 9 nitrogen and oxygen atoms in total. The van der Waals surface area contributed by atoms with Gasteiger partial charge in [0.05, 0.1) is 20.8 Å². The van der Waals surface area contributed by atoms with Crippen LogP contribution in [-0.2, 0) is 23.0 Å². The molecule has 14 heteroatoms. The van der Waals surface area contributed by atoms with Crippen molar-refractivity contribution in [1.82, 2.24) is 14.9 Å². The third-order valence-corrected chi connectivity index (χ3v) is 11.4.